The topological polar surface area (TPSA) is 92.4 Å². The number of nitrogens with one attached hydrogen (secondary N) is 2. The molecule has 0 unspecified atom stereocenters. The van der Waals surface area contributed by atoms with Gasteiger partial charge in [0.05, 0.1) is 15.7 Å². The maximum Gasteiger partial charge on any atom is 0.270 e. The molecular weight excluding hydrogens is 523 g/mol. The summed E-state index contributed by atoms with van der Waals surface area (Å²) >= 11 is 12.8. The lowest BCUT2D eigenvalue weighted by Gasteiger charge is -2.49. The Kier molecular flexibility index (Phi) is 5.54. The fourth-order valence-electron chi connectivity index (χ4n) is 5.47. The summed E-state index contributed by atoms with van der Waals surface area (Å²) in [5.41, 5.74) is 3.05. The summed E-state index contributed by atoms with van der Waals surface area (Å²) in [6, 6.07) is 13.4. The second-order valence-corrected chi connectivity index (χ2v) is 10.8. The van der Waals surface area contributed by atoms with E-state index in [1.165, 1.54) is 29.3 Å². The monoisotopic (exact) mass is 546 g/mol. The molecule has 11 heteroatoms. The van der Waals surface area contributed by atoms with E-state index in [4.69, 9.17) is 23.2 Å². The summed E-state index contributed by atoms with van der Waals surface area (Å²) in [5, 5.41) is 7.69. The van der Waals surface area contributed by atoms with Crippen LogP contribution in [0.4, 0.5) is 17.3 Å². The van der Waals surface area contributed by atoms with Crippen molar-refractivity contribution >= 4 is 57.3 Å². The summed E-state index contributed by atoms with van der Waals surface area (Å²) in [6.07, 6.45) is 7.33. The average Bonchev–Trinajstić information content (AvgIpc) is 3.40. The molecule has 38 heavy (non-hydrogen) atoms. The largest absolute Gasteiger partial charge is 0.371 e. The highest BCUT2D eigenvalue weighted by Gasteiger charge is 2.39. The zero-order valence-corrected chi connectivity index (χ0v) is 21.9. The number of benzene rings is 2. The third-order valence-corrected chi connectivity index (χ3v) is 8.34. The highest BCUT2D eigenvalue weighted by Crippen LogP contribution is 2.36. The number of hydrogen-bond acceptors (Lipinski definition) is 7. The van der Waals surface area contributed by atoms with Gasteiger partial charge in [-0.3, -0.25) is 9.20 Å². The predicted molar refractivity (Wildman–Crippen MR) is 150 cm³/mol. The van der Waals surface area contributed by atoms with Gasteiger partial charge in [-0.25, -0.2) is 14.5 Å². The van der Waals surface area contributed by atoms with Gasteiger partial charge in [-0.1, -0.05) is 29.3 Å². The van der Waals surface area contributed by atoms with E-state index in [1.807, 2.05) is 12.1 Å². The minimum Gasteiger partial charge on any atom is -0.371 e. The third-order valence-electron chi connectivity index (χ3n) is 7.73. The summed E-state index contributed by atoms with van der Waals surface area (Å²) in [6.45, 7) is 4.48. The normalized spacial score (nSPS) is 16.7. The Labute approximate surface area is 228 Å². The van der Waals surface area contributed by atoms with Gasteiger partial charge in [-0.2, -0.15) is 4.98 Å². The summed E-state index contributed by atoms with van der Waals surface area (Å²) in [5.74, 6) is 0.734. The van der Waals surface area contributed by atoms with Gasteiger partial charge < -0.3 is 15.5 Å². The van der Waals surface area contributed by atoms with Crippen molar-refractivity contribution in [3.8, 4) is 5.69 Å². The van der Waals surface area contributed by atoms with Crippen LogP contribution in [0.3, 0.4) is 0 Å². The number of nitrogens with zero attached hydrogens (tertiary/aromatic N) is 6. The molecule has 2 saturated heterocycles. The van der Waals surface area contributed by atoms with Crippen LogP contribution in [0.15, 0.2) is 65.8 Å². The molecule has 1 spiro atoms. The first kappa shape index (κ1) is 23.5. The van der Waals surface area contributed by atoms with Gasteiger partial charge >= 0.3 is 0 Å². The standard InChI is InChI=1S/C27H24Cl2N8O/c28-20-2-1-3-21(29)22(20)37-24(38)19-14-32-25(34-23(19)36-13-10-31-26(36)37)33-17-4-6-18(7-5-17)35-11-8-27(9-12-35)15-30-16-27/h1-7,10,13-14,30H,8-9,11-12,15-16H2,(H,32,33,34). The van der Waals surface area contributed by atoms with Crippen LogP contribution in [0.2, 0.25) is 10.0 Å². The number of piperidine rings is 1. The first-order valence-electron chi connectivity index (χ1n) is 12.5. The molecule has 0 amide bonds. The van der Waals surface area contributed by atoms with Crippen LogP contribution in [0, 0.1) is 5.41 Å². The molecule has 0 aliphatic carbocycles. The van der Waals surface area contributed by atoms with E-state index < -0.39 is 0 Å². The molecule has 5 aromatic rings. The van der Waals surface area contributed by atoms with Crippen molar-refractivity contribution in [2.24, 2.45) is 5.41 Å². The summed E-state index contributed by atoms with van der Waals surface area (Å²) in [4.78, 5) is 29.5. The number of rotatable bonds is 4. The number of aromatic nitrogens is 5. The zero-order chi connectivity index (χ0) is 25.9. The van der Waals surface area contributed by atoms with Gasteiger partial charge in [0.25, 0.3) is 5.56 Å². The van der Waals surface area contributed by atoms with Gasteiger partial charge in [0.1, 0.15) is 5.39 Å². The quantitative estimate of drug-likeness (QED) is 0.338. The van der Waals surface area contributed by atoms with Crippen LogP contribution in [-0.2, 0) is 0 Å². The Morgan fingerprint density at radius 2 is 1.71 bits per heavy atom. The first-order valence-corrected chi connectivity index (χ1v) is 13.3. The van der Waals surface area contributed by atoms with E-state index in [-0.39, 0.29) is 5.56 Å². The second-order valence-electron chi connectivity index (χ2n) is 10.0. The first-order chi connectivity index (χ1) is 18.5. The molecule has 2 aliphatic heterocycles. The Morgan fingerprint density at radius 3 is 2.39 bits per heavy atom. The number of para-hydroxylation sites is 1. The van der Waals surface area contributed by atoms with Crippen LogP contribution in [0.1, 0.15) is 12.8 Å². The van der Waals surface area contributed by atoms with E-state index in [0.29, 0.717) is 43.9 Å². The highest BCUT2D eigenvalue weighted by atomic mass is 35.5. The molecule has 0 atom stereocenters. The number of fused-ring (bicyclic) bond motifs is 3. The molecule has 2 N–H and O–H groups in total. The Bertz CT molecular complexity index is 1710. The molecule has 2 fully saturated rings. The Morgan fingerprint density at radius 1 is 0.974 bits per heavy atom. The number of halogens is 2. The van der Waals surface area contributed by atoms with Crippen molar-refractivity contribution < 1.29 is 0 Å². The SMILES string of the molecule is O=c1c2cnc(Nc3ccc(N4CCC5(CC4)CNC5)cc3)nc2n2ccnc2n1-c1c(Cl)cccc1Cl. The average molecular weight is 547 g/mol. The molecule has 7 rings (SSSR count). The summed E-state index contributed by atoms with van der Waals surface area (Å²) < 4.78 is 3.12. The zero-order valence-electron chi connectivity index (χ0n) is 20.4. The van der Waals surface area contributed by atoms with Crippen LogP contribution < -0.4 is 21.1 Å². The summed E-state index contributed by atoms with van der Waals surface area (Å²) in [7, 11) is 0. The fourth-order valence-corrected chi connectivity index (χ4v) is 6.03. The van der Waals surface area contributed by atoms with Gasteiger partial charge in [0.2, 0.25) is 11.7 Å². The smallest absolute Gasteiger partial charge is 0.270 e. The van der Waals surface area contributed by atoms with E-state index in [9.17, 15) is 4.79 Å². The van der Waals surface area contributed by atoms with Crippen molar-refractivity contribution in [2.45, 2.75) is 12.8 Å². The van der Waals surface area contributed by atoms with Gasteiger partial charge in [0, 0.05) is 56.1 Å². The van der Waals surface area contributed by atoms with E-state index in [0.717, 1.165) is 31.9 Å². The molecular formula is C27H24Cl2N8O. The van der Waals surface area contributed by atoms with Crippen LogP contribution in [0.25, 0.3) is 22.5 Å². The molecule has 5 heterocycles. The Hall–Kier alpha value is -3.66. The Balaban J connectivity index is 1.19. The van der Waals surface area contributed by atoms with Crippen molar-refractivity contribution in [1.82, 2.24) is 29.2 Å². The lowest BCUT2D eigenvalue weighted by molar-refractivity contribution is 0.126. The number of imidazole rings is 1. The van der Waals surface area contributed by atoms with Crippen molar-refractivity contribution in [2.75, 3.05) is 36.4 Å². The van der Waals surface area contributed by atoms with Gasteiger partial charge in [0.15, 0.2) is 5.65 Å². The molecule has 3 aromatic heterocycles. The molecule has 2 aliphatic rings. The van der Waals surface area contributed by atoms with Crippen LogP contribution in [0.5, 0.6) is 0 Å². The molecule has 0 radical (unpaired) electrons. The predicted octanol–water partition coefficient (Wildman–Crippen LogP) is 4.67. The lowest BCUT2D eigenvalue weighted by Crippen LogP contribution is -2.58. The van der Waals surface area contributed by atoms with Crippen LogP contribution in [-0.4, -0.2) is 50.1 Å². The minimum absolute atomic E-state index is 0.317. The second kappa shape index (κ2) is 8.97. The minimum atomic E-state index is -0.356. The van der Waals surface area contributed by atoms with E-state index in [1.54, 1.807) is 35.0 Å². The van der Waals surface area contributed by atoms with E-state index in [2.05, 4.69) is 42.6 Å². The van der Waals surface area contributed by atoms with Crippen LogP contribution >= 0.6 is 23.2 Å². The molecule has 2 aromatic carbocycles. The van der Waals surface area contributed by atoms with Crippen molar-refractivity contribution in [1.29, 1.82) is 0 Å². The molecule has 192 valence electrons. The maximum atomic E-state index is 13.5. The number of hydrogen-bond donors (Lipinski definition) is 2. The maximum absolute atomic E-state index is 13.5. The number of anilines is 3. The lowest BCUT2D eigenvalue weighted by atomic mass is 9.73. The molecule has 9 nitrogen and oxygen atoms in total. The fraction of sp³-hybridized carbons (Fsp3) is 0.259. The molecule has 0 saturated carbocycles. The van der Waals surface area contributed by atoms with E-state index >= 15 is 0 Å². The van der Waals surface area contributed by atoms with Gasteiger partial charge in [-0.15, -0.1) is 0 Å². The van der Waals surface area contributed by atoms with Crippen molar-refractivity contribution in [3.63, 3.8) is 0 Å². The van der Waals surface area contributed by atoms with Gasteiger partial charge in [-0.05, 0) is 54.7 Å². The molecule has 0 bridgehead atoms. The van der Waals surface area contributed by atoms with Crippen molar-refractivity contribution in [3.05, 3.63) is 81.5 Å². The highest BCUT2D eigenvalue weighted by molar-refractivity contribution is 6.37. The third kappa shape index (κ3) is 3.81.